The van der Waals surface area contributed by atoms with Crippen LogP contribution in [0.1, 0.15) is 58.8 Å². The lowest BCUT2D eigenvalue weighted by atomic mass is 9.93. The van der Waals surface area contributed by atoms with Gasteiger partial charge in [0.05, 0.1) is 6.10 Å². The first-order chi connectivity index (χ1) is 7.20. The van der Waals surface area contributed by atoms with Crippen molar-refractivity contribution in [3.8, 4) is 0 Å². The van der Waals surface area contributed by atoms with E-state index < -0.39 is 0 Å². The molecule has 0 aromatic rings. The standard InChI is InChI=1S/C13H27NO/c1-11(15)9-10-14-12(2)13-7-5-3-4-6-8-13/h11-15H,3-10H2,1-2H3/t11?,12-/m1/s1. The molecule has 0 bridgehead atoms. The Morgan fingerprint density at radius 1 is 1.13 bits per heavy atom. The summed E-state index contributed by atoms with van der Waals surface area (Å²) in [5, 5.41) is 12.7. The third-order valence-corrected chi connectivity index (χ3v) is 3.64. The molecule has 0 radical (unpaired) electrons. The zero-order valence-corrected chi connectivity index (χ0v) is 10.3. The second kappa shape index (κ2) is 7.24. The molecule has 2 heteroatoms. The zero-order valence-electron chi connectivity index (χ0n) is 10.3. The third-order valence-electron chi connectivity index (χ3n) is 3.64. The average molecular weight is 213 g/mol. The van der Waals surface area contributed by atoms with Crippen LogP contribution in [0.5, 0.6) is 0 Å². The molecule has 1 aliphatic carbocycles. The highest BCUT2D eigenvalue weighted by Gasteiger charge is 2.18. The Kier molecular flexibility index (Phi) is 6.26. The highest BCUT2D eigenvalue weighted by molar-refractivity contribution is 4.75. The van der Waals surface area contributed by atoms with E-state index in [0.29, 0.717) is 6.04 Å². The van der Waals surface area contributed by atoms with Gasteiger partial charge in [-0.25, -0.2) is 0 Å². The molecule has 2 nitrogen and oxygen atoms in total. The van der Waals surface area contributed by atoms with E-state index in [2.05, 4.69) is 12.2 Å². The van der Waals surface area contributed by atoms with Gasteiger partial charge in [0.2, 0.25) is 0 Å². The maximum Gasteiger partial charge on any atom is 0.0524 e. The van der Waals surface area contributed by atoms with Crippen LogP contribution in [0.2, 0.25) is 0 Å². The Morgan fingerprint density at radius 3 is 2.27 bits per heavy atom. The van der Waals surface area contributed by atoms with E-state index in [9.17, 15) is 5.11 Å². The summed E-state index contributed by atoms with van der Waals surface area (Å²) in [5.74, 6) is 0.862. The lowest BCUT2D eigenvalue weighted by Gasteiger charge is -2.23. The fourth-order valence-corrected chi connectivity index (χ4v) is 2.50. The van der Waals surface area contributed by atoms with Crippen LogP contribution in [0.25, 0.3) is 0 Å². The summed E-state index contributed by atoms with van der Waals surface area (Å²) in [6, 6.07) is 0.627. The number of hydrogen-bond acceptors (Lipinski definition) is 2. The van der Waals surface area contributed by atoms with Gasteiger partial charge < -0.3 is 10.4 Å². The Labute approximate surface area is 94.5 Å². The fraction of sp³-hybridized carbons (Fsp3) is 1.00. The monoisotopic (exact) mass is 213 g/mol. The van der Waals surface area contributed by atoms with Gasteiger partial charge in [-0.15, -0.1) is 0 Å². The molecule has 0 heterocycles. The second-order valence-corrected chi connectivity index (χ2v) is 5.13. The lowest BCUT2D eigenvalue weighted by Crippen LogP contribution is -2.35. The van der Waals surface area contributed by atoms with Crippen LogP contribution < -0.4 is 5.32 Å². The molecule has 0 aromatic heterocycles. The van der Waals surface area contributed by atoms with Gasteiger partial charge in [0.1, 0.15) is 0 Å². The smallest absolute Gasteiger partial charge is 0.0524 e. The molecule has 0 saturated heterocycles. The molecule has 2 atom stereocenters. The van der Waals surface area contributed by atoms with Crippen molar-refractivity contribution >= 4 is 0 Å². The molecule has 0 spiro atoms. The van der Waals surface area contributed by atoms with Crippen molar-refractivity contribution in [2.24, 2.45) is 5.92 Å². The Balaban J connectivity index is 2.16. The van der Waals surface area contributed by atoms with Crippen molar-refractivity contribution in [3.63, 3.8) is 0 Å². The number of nitrogens with one attached hydrogen (secondary N) is 1. The van der Waals surface area contributed by atoms with Crippen LogP contribution in [0.4, 0.5) is 0 Å². The second-order valence-electron chi connectivity index (χ2n) is 5.13. The van der Waals surface area contributed by atoms with E-state index in [1.54, 1.807) is 0 Å². The first kappa shape index (κ1) is 13.0. The van der Waals surface area contributed by atoms with E-state index in [0.717, 1.165) is 18.9 Å². The number of aliphatic hydroxyl groups is 1. The van der Waals surface area contributed by atoms with Crippen molar-refractivity contribution < 1.29 is 5.11 Å². The molecule has 1 aliphatic rings. The van der Waals surface area contributed by atoms with Gasteiger partial charge in [0, 0.05) is 6.04 Å². The fourth-order valence-electron chi connectivity index (χ4n) is 2.50. The molecule has 1 rings (SSSR count). The normalized spacial score (nSPS) is 23.4. The quantitative estimate of drug-likeness (QED) is 0.688. The lowest BCUT2D eigenvalue weighted by molar-refractivity contribution is 0.180. The number of rotatable bonds is 5. The summed E-state index contributed by atoms with van der Waals surface area (Å²) in [5.41, 5.74) is 0. The van der Waals surface area contributed by atoms with Crippen molar-refractivity contribution in [2.45, 2.75) is 70.9 Å². The summed E-state index contributed by atoms with van der Waals surface area (Å²) in [6.07, 6.45) is 9.16. The van der Waals surface area contributed by atoms with Gasteiger partial charge in [-0.3, -0.25) is 0 Å². The van der Waals surface area contributed by atoms with E-state index in [-0.39, 0.29) is 6.10 Å². The summed E-state index contributed by atoms with van der Waals surface area (Å²) in [7, 11) is 0. The predicted molar refractivity (Wildman–Crippen MR) is 65.0 cm³/mol. The minimum atomic E-state index is -0.168. The highest BCUT2D eigenvalue weighted by atomic mass is 16.3. The van der Waals surface area contributed by atoms with Gasteiger partial charge in [0.25, 0.3) is 0 Å². The van der Waals surface area contributed by atoms with Crippen molar-refractivity contribution in [3.05, 3.63) is 0 Å². The van der Waals surface area contributed by atoms with E-state index in [1.807, 2.05) is 6.92 Å². The molecule has 0 aromatic carbocycles. The van der Waals surface area contributed by atoms with Crippen molar-refractivity contribution in [1.29, 1.82) is 0 Å². The van der Waals surface area contributed by atoms with E-state index in [1.165, 1.54) is 38.5 Å². The zero-order chi connectivity index (χ0) is 11.1. The number of hydrogen-bond donors (Lipinski definition) is 2. The first-order valence-corrected chi connectivity index (χ1v) is 6.61. The molecule has 90 valence electrons. The Bertz CT molecular complexity index is 151. The van der Waals surface area contributed by atoms with E-state index in [4.69, 9.17) is 0 Å². The maximum atomic E-state index is 9.18. The summed E-state index contributed by atoms with van der Waals surface area (Å²) < 4.78 is 0. The minimum absolute atomic E-state index is 0.168. The van der Waals surface area contributed by atoms with Crippen molar-refractivity contribution in [1.82, 2.24) is 5.32 Å². The Hall–Kier alpha value is -0.0800. The van der Waals surface area contributed by atoms with Crippen molar-refractivity contribution in [2.75, 3.05) is 6.54 Å². The topological polar surface area (TPSA) is 32.3 Å². The Morgan fingerprint density at radius 2 is 1.73 bits per heavy atom. The molecule has 1 unspecified atom stereocenters. The van der Waals surface area contributed by atoms with Gasteiger partial charge in [0.15, 0.2) is 0 Å². The molecular weight excluding hydrogens is 186 g/mol. The van der Waals surface area contributed by atoms with Crippen LogP contribution in [-0.2, 0) is 0 Å². The molecule has 15 heavy (non-hydrogen) atoms. The van der Waals surface area contributed by atoms with Gasteiger partial charge in [-0.05, 0) is 45.6 Å². The summed E-state index contributed by atoms with van der Waals surface area (Å²) >= 11 is 0. The molecular formula is C13H27NO. The molecule has 0 amide bonds. The number of aliphatic hydroxyl groups excluding tert-OH is 1. The first-order valence-electron chi connectivity index (χ1n) is 6.61. The SMILES string of the molecule is CC(O)CCN[C@H](C)C1CCCCCC1. The predicted octanol–water partition coefficient (Wildman–Crippen LogP) is 2.71. The van der Waals surface area contributed by atoms with Crippen LogP contribution in [0, 0.1) is 5.92 Å². The van der Waals surface area contributed by atoms with Gasteiger partial charge in [-0.1, -0.05) is 25.7 Å². The van der Waals surface area contributed by atoms with Crippen LogP contribution in [0.3, 0.4) is 0 Å². The van der Waals surface area contributed by atoms with E-state index >= 15 is 0 Å². The molecule has 1 fully saturated rings. The van der Waals surface area contributed by atoms with Crippen LogP contribution in [-0.4, -0.2) is 23.8 Å². The summed E-state index contributed by atoms with van der Waals surface area (Å²) in [6.45, 7) is 5.12. The largest absolute Gasteiger partial charge is 0.393 e. The molecule has 2 N–H and O–H groups in total. The minimum Gasteiger partial charge on any atom is -0.393 e. The summed E-state index contributed by atoms with van der Waals surface area (Å²) in [4.78, 5) is 0. The average Bonchev–Trinajstić information content (AvgIpc) is 2.44. The molecule has 0 aliphatic heterocycles. The van der Waals surface area contributed by atoms with Gasteiger partial charge >= 0.3 is 0 Å². The maximum absolute atomic E-state index is 9.18. The van der Waals surface area contributed by atoms with Crippen LogP contribution >= 0.6 is 0 Å². The third kappa shape index (κ3) is 5.53. The molecule has 1 saturated carbocycles. The van der Waals surface area contributed by atoms with Gasteiger partial charge in [-0.2, -0.15) is 0 Å². The van der Waals surface area contributed by atoms with Crippen LogP contribution in [0.15, 0.2) is 0 Å². The highest BCUT2D eigenvalue weighted by Crippen LogP contribution is 2.25.